The normalized spacial score (nSPS) is 40.3. The van der Waals surface area contributed by atoms with E-state index in [-0.39, 0.29) is 5.60 Å². The Morgan fingerprint density at radius 3 is 3.00 bits per heavy atom. The molecule has 2 unspecified atom stereocenters. The Morgan fingerprint density at radius 1 is 1.64 bits per heavy atom. The van der Waals surface area contributed by atoms with Crippen LogP contribution in [0.4, 0.5) is 0 Å². The van der Waals surface area contributed by atoms with E-state index in [1.807, 2.05) is 0 Å². The molecule has 2 aliphatic rings. The fourth-order valence-electron chi connectivity index (χ4n) is 2.19. The fraction of sp³-hybridized carbons (Fsp3) is 0.800. The fourth-order valence-corrected chi connectivity index (χ4v) is 2.19. The van der Waals surface area contributed by atoms with Crippen LogP contribution in [0.3, 0.4) is 0 Å². The smallest absolute Gasteiger partial charge is 0.0868 e. The van der Waals surface area contributed by atoms with Crippen molar-refractivity contribution in [3.05, 3.63) is 12.2 Å². The van der Waals surface area contributed by atoms with Crippen molar-refractivity contribution in [2.75, 3.05) is 6.61 Å². The monoisotopic (exact) mass is 152 g/mol. The van der Waals surface area contributed by atoms with Crippen LogP contribution in [0.1, 0.15) is 32.6 Å². The van der Waals surface area contributed by atoms with Crippen molar-refractivity contribution < 1.29 is 4.74 Å². The number of rotatable bonds is 3. The highest BCUT2D eigenvalue weighted by Crippen LogP contribution is 2.44. The number of hydrogen-bond donors (Lipinski definition) is 0. The number of ether oxygens (including phenoxy) is 1. The van der Waals surface area contributed by atoms with E-state index in [4.69, 9.17) is 4.74 Å². The topological polar surface area (TPSA) is 9.23 Å². The Labute approximate surface area is 68.4 Å². The molecule has 11 heavy (non-hydrogen) atoms. The Morgan fingerprint density at radius 2 is 2.55 bits per heavy atom. The summed E-state index contributed by atoms with van der Waals surface area (Å²) in [5, 5.41) is 0. The van der Waals surface area contributed by atoms with E-state index in [0.717, 1.165) is 18.9 Å². The Bertz CT molecular complexity index is 174. The maximum Gasteiger partial charge on any atom is 0.0868 e. The predicted molar refractivity (Wildman–Crippen MR) is 45.5 cm³/mol. The first-order valence-electron chi connectivity index (χ1n) is 4.68. The minimum Gasteiger partial charge on any atom is -0.371 e. The average Bonchev–Trinajstić information content (AvgIpc) is 2.60. The molecule has 0 heterocycles. The lowest BCUT2D eigenvalue weighted by Crippen LogP contribution is -2.25. The largest absolute Gasteiger partial charge is 0.371 e. The number of hydrogen-bond acceptors (Lipinski definition) is 1. The second-order valence-corrected chi connectivity index (χ2v) is 3.78. The summed E-state index contributed by atoms with van der Waals surface area (Å²) in [6, 6.07) is 0. The van der Waals surface area contributed by atoms with Gasteiger partial charge in [-0.3, -0.25) is 0 Å². The Kier molecular flexibility index (Phi) is 1.76. The second-order valence-electron chi connectivity index (χ2n) is 3.78. The molecule has 0 aromatic carbocycles. The van der Waals surface area contributed by atoms with Crippen LogP contribution in [0, 0.1) is 5.92 Å². The average molecular weight is 152 g/mol. The molecule has 0 spiro atoms. The molecule has 1 saturated carbocycles. The molecule has 0 aromatic heterocycles. The predicted octanol–water partition coefficient (Wildman–Crippen LogP) is 2.52. The first kappa shape index (κ1) is 7.35. The SMILES string of the molecule is CCCOC12C=CC(CC1)C2. The van der Waals surface area contributed by atoms with Crippen molar-refractivity contribution in [3.8, 4) is 0 Å². The molecule has 0 amide bonds. The Hall–Kier alpha value is -0.300. The van der Waals surface area contributed by atoms with E-state index < -0.39 is 0 Å². The summed E-state index contributed by atoms with van der Waals surface area (Å²) in [6.45, 7) is 3.10. The highest BCUT2D eigenvalue weighted by Gasteiger charge is 2.41. The molecule has 0 N–H and O–H groups in total. The molecular formula is C10H16O. The van der Waals surface area contributed by atoms with E-state index in [1.54, 1.807) is 0 Å². The van der Waals surface area contributed by atoms with Crippen molar-refractivity contribution in [1.82, 2.24) is 0 Å². The van der Waals surface area contributed by atoms with Gasteiger partial charge in [-0.15, -0.1) is 0 Å². The van der Waals surface area contributed by atoms with Gasteiger partial charge in [0.2, 0.25) is 0 Å². The lowest BCUT2D eigenvalue weighted by molar-refractivity contribution is -0.000398. The summed E-state index contributed by atoms with van der Waals surface area (Å²) in [6.07, 6.45) is 9.62. The van der Waals surface area contributed by atoms with Gasteiger partial charge >= 0.3 is 0 Å². The maximum atomic E-state index is 5.84. The van der Waals surface area contributed by atoms with Crippen molar-refractivity contribution in [2.24, 2.45) is 5.92 Å². The summed E-state index contributed by atoms with van der Waals surface area (Å²) in [5.41, 5.74) is 0.181. The van der Waals surface area contributed by atoms with Gasteiger partial charge in [0, 0.05) is 6.61 Å². The van der Waals surface area contributed by atoms with Gasteiger partial charge in [-0.05, 0) is 31.6 Å². The molecular weight excluding hydrogens is 136 g/mol. The van der Waals surface area contributed by atoms with Crippen molar-refractivity contribution in [3.63, 3.8) is 0 Å². The van der Waals surface area contributed by atoms with Crippen molar-refractivity contribution in [1.29, 1.82) is 0 Å². The van der Waals surface area contributed by atoms with Gasteiger partial charge in [0.25, 0.3) is 0 Å². The molecule has 0 saturated heterocycles. The molecule has 1 nitrogen and oxygen atoms in total. The minimum absolute atomic E-state index is 0.181. The van der Waals surface area contributed by atoms with Gasteiger partial charge in [-0.25, -0.2) is 0 Å². The molecule has 2 bridgehead atoms. The van der Waals surface area contributed by atoms with Crippen LogP contribution in [0.5, 0.6) is 0 Å². The lowest BCUT2D eigenvalue weighted by atomic mass is 10.0. The highest BCUT2D eigenvalue weighted by atomic mass is 16.5. The van der Waals surface area contributed by atoms with Crippen LogP contribution in [-0.2, 0) is 4.74 Å². The molecule has 0 radical (unpaired) electrons. The van der Waals surface area contributed by atoms with Crippen molar-refractivity contribution in [2.45, 2.75) is 38.2 Å². The highest BCUT2D eigenvalue weighted by molar-refractivity contribution is 5.17. The zero-order valence-electron chi connectivity index (χ0n) is 7.18. The van der Waals surface area contributed by atoms with E-state index in [9.17, 15) is 0 Å². The van der Waals surface area contributed by atoms with Gasteiger partial charge in [0.15, 0.2) is 0 Å². The number of allylic oxidation sites excluding steroid dienone is 1. The molecule has 62 valence electrons. The van der Waals surface area contributed by atoms with Crippen LogP contribution in [-0.4, -0.2) is 12.2 Å². The first-order chi connectivity index (χ1) is 5.35. The van der Waals surface area contributed by atoms with Gasteiger partial charge in [0.1, 0.15) is 0 Å². The lowest BCUT2D eigenvalue weighted by Gasteiger charge is -2.23. The van der Waals surface area contributed by atoms with E-state index in [0.29, 0.717) is 0 Å². The summed E-state index contributed by atoms with van der Waals surface area (Å²) in [4.78, 5) is 0. The van der Waals surface area contributed by atoms with Gasteiger partial charge < -0.3 is 4.74 Å². The van der Waals surface area contributed by atoms with E-state index in [1.165, 1.54) is 19.3 Å². The standard InChI is InChI=1S/C10H16O/c1-2-7-11-10-5-3-9(8-10)4-6-10/h3,5,9H,2,4,6-8H2,1H3. The van der Waals surface area contributed by atoms with E-state index in [2.05, 4.69) is 19.1 Å². The van der Waals surface area contributed by atoms with Crippen molar-refractivity contribution >= 4 is 0 Å². The summed E-state index contributed by atoms with van der Waals surface area (Å²) < 4.78 is 5.84. The zero-order valence-corrected chi connectivity index (χ0v) is 7.18. The molecule has 2 aliphatic carbocycles. The molecule has 0 aromatic rings. The third kappa shape index (κ3) is 1.22. The molecule has 1 heteroatoms. The van der Waals surface area contributed by atoms with Gasteiger partial charge in [-0.1, -0.05) is 19.1 Å². The molecule has 2 rings (SSSR count). The first-order valence-corrected chi connectivity index (χ1v) is 4.68. The van der Waals surface area contributed by atoms with E-state index >= 15 is 0 Å². The molecule has 2 atom stereocenters. The maximum absolute atomic E-state index is 5.84. The van der Waals surface area contributed by atoms with Crippen LogP contribution in [0.2, 0.25) is 0 Å². The quantitative estimate of drug-likeness (QED) is 0.565. The third-order valence-corrected chi connectivity index (χ3v) is 2.81. The van der Waals surface area contributed by atoms with Crippen LogP contribution >= 0.6 is 0 Å². The van der Waals surface area contributed by atoms with Crippen LogP contribution < -0.4 is 0 Å². The minimum atomic E-state index is 0.181. The molecule has 0 aliphatic heterocycles. The second kappa shape index (κ2) is 2.63. The molecule has 1 fully saturated rings. The summed E-state index contributed by atoms with van der Waals surface area (Å²) in [5.74, 6) is 0.840. The number of fused-ring (bicyclic) bond motifs is 2. The van der Waals surface area contributed by atoms with Gasteiger partial charge in [0.05, 0.1) is 5.60 Å². The third-order valence-electron chi connectivity index (χ3n) is 2.81. The Balaban J connectivity index is 1.95. The van der Waals surface area contributed by atoms with Crippen LogP contribution in [0.15, 0.2) is 12.2 Å². The van der Waals surface area contributed by atoms with Crippen LogP contribution in [0.25, 0.3) is 0 Å². The summed E-state index contributed by atoms with van der Waals surface area (Å²) >= 11 is 0. The zero-order chi connectivity index (χ0) is 7.73. The van der Waals surface area contributed by atoms with Gasteiger partial charge in [-0.2, -0.15) is 0 Å². The summed E-state index contributed by atoms with van der Waals surface area (Å²) in [7, 11) is 0.